The number of nitro benzene ring substituents is 1. The summed E-state index contributed by atoms with van der Waals surface area (Å²) in [7, 11) is 0. The predicted octanol–water partition coefficient (Wildman–Crippen LogP) is 3.85. The maximum atomic E-state index is 12.3. The molecule has 0 aliphatic carbocycles. The first-order valence-electron chi connectivity index (χ1n) is 5.30. The first-order valence-corrected chi connectivity index (χ1v) is 5.68. The first kappa shape index (κ1) is 15.0. The number of halogens is 4. The van der Waals surface area contributed by atoms with Crippen molar-refractivity contribution in [1.29, 1.82) is 0 Å². The van der Waals surface area contributed by atoms with Gasteiger partial charge in [0.15, 0.2) is 5.69 Å². The van der Waals surface area contributed by atoms with Crippen LogP contribution in [0.25, 0.3) is 0 Å². The minimum absolute atomic E-state index is 0.118. The number of aromatic nitrogens is 2. The summed E-state index contributed by atoms with van der Waals surface area (Å²) >= 11 is 5.62. The van der Waals surface area contributed by atoms with Gasteiger partial charge >= 0.3 is 11.9 Å². The van der Waals surface area contributed by atoms with Crippen molar-refractivity contribution in [3.63, 3.8) is 0 Å². The number of hydrogen-bond donors (Lipinski definition) is 0. The zero-order valence-electron chi connectivity index (χ0n) is 9.96. The second-order valence-corrected chi connectivity index (χ2v) is 4.16. The minimum Gasteiger partial charge on any atom is -0.430 e. The summed E-state index contributed by atoms with van der Waals surface area (Å²) in [5, 5.41) is 17.1. The Morgan fingerprint density at radius 2 is 1.90 bits per heavy atom. The van der Waals surface area contributed by atoms with E-state index in [4.69, 9.17) is 16.3 Å². The fourth-order valence-electron chi connectivity index (χ4n) is 1.36. The molecular formula is C11H5ClF3N3O3. The zero-order chi connectivity index (χ0) is 15.6. The van der Waals surface area contributed by atoms with E-state index in [0.29, 0.717) is 6.07 Å². The molecule has 21 heavy (non-hydrogen) atoms. The SMILES string of the molecule is O=[N+]([O-])c1cc(Cl)ccc1Oc1ccc(C(F)(F)F)nn1. The van der Waals surface area contributed by atoms with Crippen molar-refractivity contribution in [2.75, 3.05) is 0 Å². The lowest BCUT2D eigenvalue weighted by molar-refractivity contribution is -0.385. The van der Waals surface area contributed by atoms with Gasteiger partial charge < -0.3 is 4.74 Å². The second kappa shape index (κ2) is 5.52. The van der Waals surface area contributed by atoms with Gasteiger partial charge in [-0.15, -0.1) is 10.2 Å². The number of nitrogens with zero attached hydrogens (tertiary/aromatic N) is 3. The molecular weight excluding hydrogens is 315 g/mol. The molecule has 0 atom stereocenters. The summed E-state index contributed by atoms with van der Waals surface area (Å²) in [5.74, 6) is -0.521. The van der Waals surface area contributed by atoms with Crippen LogP contribution in [0.1, 0.15) is 5.69 Å². The molecule has 110 valence electrons. The predicted molar refractivity (Wildman–Crippen MR) is 65.2 cm³/mol. The number of nitro groups is 1. The molecule has 1 aromatic carbocycles. The molecule has 1 heterocycles. The molecule has 0 aliphatic heterocycles. The highest BCUT2D eigenvalue weighted by molar-refractivity contribution is 6.30. The molecule has 6 nitrogen and oxygen atoms in total. The first-order chi connectivity index (χ1) is 9.77. The summed E-state index contributed by atoms with van der Waals surface area (Å²) < 4.78 is 42.0. The molecule has 0 amide bonds. The third-order valence-corrected chi connectivity index (χ3v) is 2.50. The molecule has 10 heteroatoms. The van der Waals surface area contributed by atoms with Crippen molar-refractivity contribution < 1.29 is 22.8 Å². The number of ether oxygens (including phenoxy) is 1. The Bertz CT molecular complexity index is 677. The lowest BCUT2D eigenvalue weighted by atomic mass is 10.3. The van der Waals surface area contributed by atoms with Crippen molar-refractivity contribution in [3.8, 4) is 11.6 Å². The molecule has 0 saturated heterocycles. The van der Waals surface area contributed by atoms with Gasteiger partial charge in [-0.1, -0.05) is 11.6 Å². The molecule has 0 aliphatic rings. The van der Waals surface area contributed by atoms with Gasteiger partial charge in [-0.05, 0) is 18.2 Å². The van der Waals surface area contributed by atoms with Crippen molar-refractivity contribution in [2.45, 2.75) is 6.18 Å². The van der Waals surface area contributed by atoms with Crippen LogP contribution in [-0.2, 0) is 6.18 Å². The van der Waals surface area contributed by atoms with E-state index >= 15 is 0 Å². The molecule has 0 unspecified atom stereocenters. The van der Waals surface area contributed by atoms with Crippen LogP contribution in [0, 0.1) is 10.1 Å². The molecule has 0 radical (unpaired) electrons. The number of benzene rings is 1. The van der Waals surface area contributed by atoms with Crippen LogP contribution in [0.4, 0.5) is 18.9 Å². The lowest BCUT2D eigenvalue weighted by Crippen LogP contribution is -2.09. The Morgan fingerprint density at radius 1 is 1.19 bits per heavy atom. The van der Waals surface area contributed by atoms with Gasteiger partial charge in [0.25, 0.3) is 0 Å². The van der Waals surface area contributed by atoms with E-state index in [-0.39, 0.29) is 16.7 Å². The van der Waals surface area contributed by atoms with Gasteiger partial charge in [0.2, 0.25) is 11.6 Å². The minimum atomic E-state index is -4.63. The molecule has 2 aromatic rings. The molecule has 1 aromatic heterocycles. The Kier molecular flexibility index (Phi) is 3.94. The summed E-state index contributed by atoms with van der Waals surface area (Å²) in [6, 6.07) is 5.16. The van der Waals surface area contributed by atoms with E-state index in [1.54, 1.807) is 0 Å². The van der Waals surface area contributed by atoms with E-state index in [9.17, 15) is 23.3 Å². The highest BCUT2D eigenvalue weighted by Gasteiger charge is 2.33. The summed E-state index contributed by atoms with van der Waals surface area (Å²) in [5.41, 5.74) is -1.63. The van der Waals surface area contributed by atoms with E-state index in [2.05, 4.69) is 10.2 Å². The van der Waals surface area contributed by atoms with E-state index in [1.807, 2.05) is 0 Å². The largest absolute Gasteiger partial charge is 0.435 e. The van der Waals surface area contributed by atoms with Gasteiger partial charge in [-0.2, -0.15) is 13.2 Å². The van der Waals surface area contributed by atoms with Crippen LogP contribution in [0.5, 0.6) is 11.6 Å². The Morgan fingerprint density at radius 3 is 2.43 bits per heavy atom. The third kappa shape index (κ3) is 3.57. The molecule has 0 fully saturated rings. The van der Waals surface area contributed by atoms with Gasteiger partial charge in [0, 0.05) is 17.2 Å². The normalized spacial score (nSPS) is 11.2. The smallest absolute Gasteiger partial charge is 0.430 e. The van der Waals surface area contributed by atoms with Crippen LogP contribution < -0.4 is 4.74 Å². The molecule has 0 N–H and O–H groups in total. The van der Waals surface area contributed by atoms with Crippen LogP contribution in [0.15, 0.2) is 30.3 Å². The van der Waals surface area contributed by atoms with E-state index in [0.717, 1.165) is 12.1 Å². The van der Waals surface area contributed by atoms with Crippen molar-refractivity contribution >= 4 is 17.3 Å². The summed E-state index contributed by atoms with van der Waals surface area (Å²) in [4.78, 5) is 10.1. The van der Waals surface area contributed by atoms with Crippen molar-refractivity contribution in [2.24, 2.45) is 0 Å². The van der Waals surface area contributed by atoms with Crippen LogP contribution >= 0.6 is 11.6 Å². The topological polar surface area (TPSA) is 78.2 Å². The maximum Gasteiger partial charge on any atom is 0.435 e. The number of hydrogen-bond acceptors (Lipinski definition) is 5. The summed E-state index contributed by atoms with van der Waals surface area (Å²) in [6.45, 7) is 0. The number of rotatable bonds is 3. The molecule has 2 rings (SSSR count). The van der Waals surface area contributed by atoms with E-state index in [1.165, 1.54) is 12.1 Å². The fourth-order valence-corrected chi connectivity index (χ4v) is 1.52. The molecule has 0 spiro atoms. The average Bonchev–Trinajstić information content (AvgIpc) is 2.40. The maximum absolute atomic E-state index is 12.3. The van der Waals surface area contributed by atoms with E-state index < -0.39 is 22.5 Å². The Labute approximate surface area is 120 Å². The average molecular weight is 320 g/mol. The van der Waals surface area contributed by atoms with Gasteiger partial charge in [0.05, 0.1) is 4.92 Å². The second-order valence-electron chi connectivity index (χ2n) is 3.73. The summed E-state index contributed by atoms with van der Waals surface area (Å²) in [6.07, 6.45) is -4.63. The molecule has 0 bridgehead atoms. The highest BCUT2D eigenvalue weighted by atomic mass is 35.5. The Balaban J connectivity index is 2.28. The van der Waals surface area contributed by atoms with Crippen LogP contribution in [-0.4, -0.2) is 15.1 Å². The monoisotopic (exact) mass is 319 g/mol. The highest BCUT2D eigenvalue weighted by Crippen LogP contribution is 2.33. The van der Waals surface area contributed by atoms with Gasteiger partial charge in [-0.3, -0.25) is 10.1 Å². The molecule has 0 saturated carbocycles. The van der Waals surface area contributed by atoms with Crippen molar-refractivity contribution in [3.05, 3.63) is 51.2 Å². The lowest BCUT2D eigenvalue weighted by Gasteiger charge is -2.07. The standard InChI is InChI=1S/C11H5ClF3N3O3/c12-6-1-2-8(7(5-6)18(19)20)21-10-4-3-9(16-17-10)11(13,14)15/h1-5H. The number of alkyl halides is 3. The van der Waals surface area contributed by atoms with Crippen molar-refractivity contribution in [1.82, 2.24) is 10.2 Å². The van der Waals surface area contributed by atoms with Gasteiger partial charge in [-0.25, -0.2) is 0 Å². The third-order valence-electron chi connectivity index (χ3n) is 2.26. The van der Waals surface area contributed by atoms with Crippen LogP contribution in [0.3, 0.4) is 0 Å². The zero-order valence-corrected chi connectivity index (χ0v) is 10.7. The Hall–Kier alpha value is -2.42. The van der Waals surface area contributed by atoms with Crippen LogP contribution in [0.2, 0.25) is 5.02 Å². The fraction of sp³-hybridized carbons (Fsp3) is 0.0909. The van der Waals surface area contributed by atoms with Gasteiger partial charge in [0.1, 0.15) is 0 Å². The quantitative estimate of drug-likeness (QED) is 0.634.